The summed E-state index contributed by atoms with van der Waals surface area (Å²) in [6.45, 7) is 8.04. The second-order valence-corrected chi connectivity index (χ2v) is 6.11. The van der Waals surface area contributed by atoms with Crippen LogP contribution in [-0.4, -0.2) is 25.0 Å². The van der Waals surface area contributed by atoms with Gasteiger partial charge in [0.1, 0.15) is 0 Å². The topological polar surface area (TPSA) is 41.1 Å². The third kappa shape index (κ3) is 3.35. The Balaban J connectivity index is 1.93. The Morgan fingerprint density at radius 2 is 2.05 bits per heavy atom. The Hall–Kier alpha value is -1.35. The summed E-state index contributed by atoms with van der Waals surface area (Å²) >= 11 is 0. The predicted molar refractivity (Wildman–Crippen MR) is 78.0 cm³/mol. The number of hydrogen-bond acceptors (Lipinski definition) is 2. The van der Waals surface area contributed by atoms with Gasteiger partial charge in [-0.15, -0.1) is 0 Å². The van der Waals surface area contributed by atoms with Gasteiger partial charge < -0.3 is 10.6 Å². The van der Waals surface area contributed by atoms with Crippen LogP contribution < -0.4 is 10.6 Å². The number of hydrogen-bond donors (Lipinski definition) is 2. The van der Waals surface area contributed by atoms with Gasteiger partial charge in [0.25, 0.3) is 0 Å². The zero-order chi connectivity index (χ0) is 13.9. The molecule has 2 rings (SSSR count). The lowest BCUT2D eigenvalue weighted by molar-refractivity contribution is -0.125. The van der Waals surface area contributed by atoms with Gasteiger partial charge in [-0.2, -0.15) is 0 Å². The van der Waals surface area contributed by atoms with Crippen molar-refractivity contribution in [2.75, 3.05) is 13.1 Å². The van der Waals surface area contributed by atoms with Gasteiger partial charge in [-0.05, 0) is 25.5 Å². The SMILES string of the molecule is CC1NCCC1C(=O)NCC(C)(C)c1ccccc1. The quantitative estimate of drug-likeness (QED) is 0.870. The van der Waals surface area contributed by atoms with Crippen LogP contribution in [0.3, 0.4) is 0 Å². The van der Waals surface area contributed by atoms with E-state index in [2.05, 4.69) is 43.5 Å². The smallest absolute Gasteiger partial charge is 0.224 e. The van der Waals surface area contributed by atoms with Gasteiger partial charge in [0.15, 0.2) is 0 Å². The lowest BCUT2D eigenvalue weighted by Gasteiger charge is -2.27. The van der Waals surface area contributed by atoms with Gasteiger partial charge in [-0.25, -0.2) is 0 Å². The van der Waals surface area contributed by atoms with Gasteiger partial charge in [-0.3, -0.25) is 4.79 Å². The van der Waals surface area contributed by atoms with Gasteiger partial charge in [0.2, 0.25) is 5.91 Å². The van der Waals surface area contributed by atoms with Crippen molar-refractivity contribution in [2.45, 2.75) is 38.6 Å². The van der Waals surface area contributed by atoms with Crippen LogP contribution in [-0.2, 0) is 10.2 Å². The van der Waals surface area contributed by atoms with Crippen molar-refractivity contribution in [3.05, 3.63) is 35.9 Å². The maximum atomic E-state index is 12.2. The van der Waals surface area contributed by atoms with Gasteiger partial charge in [-0.1, -0.05) is 44.2 Å². The van der Waals surface area contributed by atoms with Crippen molar-refractivity contribution < 1.29 is 4.79 Å². The third-order valence-corrected chi connectivity index (χ3v) is 4.12. The summed E-state index contributed by atoms with van der Waals surface area (Å²) in [4.78, 5) is 12.2. The summed E-state index contributed by atoms with van der Waals surface area (Å²) in [5.74, 6) is 0.299. The fourth-order valence-corrected chi connectivity index (χ4v) is 2.65. The molecule has 1 aromatic carbocycles. The molecule has 1 fully saturated rings. The van der Waals surface area contributed by atoms with Crippen LogP contribution in [0.25, 0.3) is 0 Å². The van der Waals surface area contributed by atoms with Crippen LogP contribution in [0.5, 0.6) is 0 Å². The minimum atomic E-state index is -0.0355. The van der Waals surface area contributed by atoms with E-state index in [1.807, 2.05) is 18.2 Å². The fraction of sp³-hybridized carbons (Fsp3) is 0.562. The molecule has 3 heteroatoms. The van der Waals surface area contributed by atoms with Crippen molar-refractivity contribution in [2.24, 2.45) is 5.92 Å². The number of carbonyl (C=O) groups excluding carboxylic acids is 1. The molecule has 2 N–H and O–H groups in total. The number of amides is 1. The first-order valence-corrected chi connectivity index (χ1v) is 7.07. The molecule has 2 atom stereocenters. The van der Waals surface area contributed by atoms with Crippen molar-refractivity contribution >= 4 is 5.91 Å². The maximum absolute atomic E-state index is 12.2. The molecule has 0 spiro atoms. The molecule has 1 amide bonds. The van der Waals surface area contributed by atoms with Gasteiger partial charge >= 0.3 is 0 Å². The minimum Gasteiger partial charge on any atom is -0.355 e. The molecule has 2 unspecified atom stereocenters. The van der Waals surface area contributed by atoms with E-state index in [9.17, 15) is 4.79 Å². The highest BCUT2D eigenvalue weighted by Crippen LogP contribution is 2.22. The molecule has 0 aromatic heterocycles. The maximum Gasteiger partial charge on any atom is 0.224 e. The van der Waals surface area contributed by atoms with Crippen molar-refractivity contribution in [3.8, 4) is 0 Å². The average Bonchev–Trinajstić information content (AvgIpc) is 2.83. The first kappa shape index (κ1) is 14.1. The largest absolute Gasteiger partial charge is 0.355 e. The van der Waals surface area contributed by atoms with E-state index in [4.69, 9.17) is 0 Å². The molecule has 3 nitrogen and oxygen atoms in total. The Morgan fingerprint density at radius 3 is 2.63 bits per heavy atom. The van der Waals surface area contributed by atoms with E-state index < -0.39 is 0 Å². The molecule has 104 valence electrons. The summed E-state index contributed by atoms with van der Waals surface area (Å²) in [6.07, 6.45) is 0.943. The first-order chi connectivity index (χ1) is 9.00. The van der Waals surface area contributed by atoms with Crippen molar-refractivity contribution in [3.63, 3.8) is 0 Å². The van der Waals surface area contributed by atoms with Crippen LogP contribution in [0.2, 0.25) is 0 Å². The molecule has 1 aromatic rings. The molecule has 0 radical (unpaired) electrons. The van der Waals surface area contributed by atoms with Crippen molar-refractivity contribution in [1.29, 1.82) is 0 Å². The number of rotatable bonds is 4. The Kier molecular flexibility index (Phi) is 4.25. The third-order valence-electron chi connectivity index (χ3n) is 4.12. The highest BCUT2D eigenvalue weighted by atomic mass is 16.1. The van der Waals surface area contributed by atoms with Gasteiger partial charge in [0.05, 0.1) is 5.92 Å². The average molecular weight is 260 g/mol. The van der Waals surface area contributed by atoms with E-state index in [-0.39, 0.29) is 17.2 Å². The molecular weight excluding hydrogens is 236 g/mol. The van der Waals surface area contributed by atoms with E-state index >= 15 is 0 Å². The first-order valence-electron chi connectivity index (χ1n) is 7.07. The van der Waals surface area contributed by atoms with Crippen LogP contribution in [0.1, 0.15) is 32.8 Å². The normalized spacial score (nSPS) is 23.3. The standard InChI is InChI=1S/C16H24N2O/c1-12-14(9-10-17-12)15(19)18-11-16(2,3)13-7-5-4-6-8-13/h4-8,12,14,17H,9-11H2,1-3H3,(H,18,19). The Labute approximate surface area is 115 Å². The molecule has 0 bridgehead atoms. The summed E-state index contributed by atoms with van der Waals surface area (Å²) in [6, 6.07) is 10.6. The van der Waals surface area contributed by atoms with E-state index in [0.717, 1.165) is 13.0 Å². The number of nitrogens with one attached hydrogen (secondary N) is 2. The van der Waals surface area contributed by atoms with E-state index in [0.29, 0.717) is 12.6 Å². The molecule has 1 heterocycles. The predicted octanol–water partition coefficient (Wildman–Crippen LogP) is 2.08. The molecule has 1 aliphatic rings. The van der Waals surface area contributed by atoms with E-state index in [1.165, 1.54) is 5.56 Å². The monoisotopic (exact) mass is 260 g/mol. The second kappa shape index (κ2) is 5.74. The van der Waals surface area contributed by atoms with Crippen molar-refractivity contribution in [1.82, 2.24) is 10.6 Å². The Bertz CT molecular complexity index is 428. The van der Waals surface area contributed by atoms with Crippen LogP contribution in [0, 0.1) is 5.92 Å². The Morgan fingerprint density at radius 1 is 1.37 bits per heavy atom. The number of benzene rings is 1. The molecule has 19 heavy (non-hydrogen) atoms. The van der Waals surface area contributed by atoms with Gasteiger partial charge in [0, 0.05) is 18.0 Å². The molecule has 1 aliphatic heterocycles. The van der Waals surface area contributed by atoms with Crippen LogP contribution in [0.15, 0.2) is 30.3 Å². The zero-order valence-corrected chi connectivity index (χ0v) is 12.1. The molecule has 0 saturated carbocycles. The summed E-state index contributed by atoms with van der Waals surface area (Å²) in [7, 11) is 0. The lowest BCUT2D eigenvalue weighted by Crippen LogP contribution is -2.42. The number of carbonyl (C=O) groups is 1. The summed E-state index contributed by atoms with van der Waals surface area (Å²) < 4.78 is 0. The van der Waals surface area contributed by atoms with Crippen LogP contribution >= 0.6 is 0 Å². The highest BCUT2D eigenvalue weighted by Gasteiger charge is 2.30. The summed E-state index contributed by atoms with van der Waals surface area (Å²) in [5.41, 5.74) is 1.22. The minimum absolute atomic E-state index is 0.0355. The molecule has 1 saturated heterocycles. The van der Waals surface area contributed by atoms with E-state index in [1.54, 1.807) is 0 Å². The second-order valence-electron chi connectivity index (χ2n) is 6.11. The molecule has 0 aliphatic carbocycles. The lowest BCUT2D eigenvalue weighted by atomic mass is 9.84. The highest BCUT2D eigenvalue weighted by molar-refractivity contribution is 5.79. The fourth-order valence-electron chi connectivity index (χ4n) is 2.65. The molecular formula is C16H24N2O. The van der Waals surface area contributed by atoms with Crippen LogP contribution in [0.4, 0.5) is 0 Å². The zero-order valence-electron chi connectivity index (χ0n) is 12.1. The summed E-state index contributed by atoms with van der Waals surface area (Å²) in [5, 5.41) is 6.43.